The van der Waals surface area contributed by atoms with Crippen molar-refractivity contribution in [1.82, 2.24) is 16.0 Å². The second-order valence-corrected chi connectivity index (χ2v) is 32.3. The largest absolute Gasteiger partial charge is 0.467 e. The number of allylic oxidation sites excluding steroid dienone is 2. The van der Waals surface area contributed by atoms with E-state index in [-0.39, 0.29) is 54.6 Å². The maximum atomic E-state index is 15.9. The Hall–Kier alpha value is -8.92. The van der Waals surface area contributed by atoms with Crippen LogP contribution in [0.25, 0.3) is 0 Å². The quantitative estimate of drug-likeness (QED) is 0.0442. The number of carbonyl (C=O) groups excluding carboxylic acids is 12. The van der Waals surface area contributed by atoms with E-state index in [2.05, 4.69) is 43.6 Å². The molecule has 109 heavy (non-hydrogen) atoms. The van der Waals surface area contributed by atoms with Crippen LogP contribution in [0.4, 0.5) is 0 Å². The van der Waals surface area contributed by atoms with Gasteiger partial charge < -0.3 is 72.8 Å². The van der Waals surface area contributed by atoms with Crippen LogP contribution in [0, 0.1) is 50.2 Å². The zero-order valence-electron chi connectivity index (χ0n) is 64.8. The van der Waals surface area contributed by atoms with Crippen LogP contribution in [-0.2, 0) is 134 Å². The Morgan fingerprint density at radius 3 is 1.31 bits per heavy atom. The van der Waals surface area contributed by atoms with Crippen LogP contribution in [0.5, 0.6) is 0 Å². The van der Waals surface area contributed by atoms with Gasteiger partial charge in [-0.1, -0.05) is 145 Å². The van der Waals surface area contributed by atoms with Gasteiger partial charge in [0.1, 0.15) is 18.1 Å². The van der Waals surface area contributed by atoms with Gasteiger partial charge in [0.15, 0.2) is 67.2 Å². The molecule has 2 saturated heterocycles. The number of benzene rings is 3. The number of nitrogens with one attached hydrogen (secondary N) is 3. The van der Waals surface area contributed by atoms with Crippen molar-refractivity contribution < 1.29 is 114 Å². The molecule has 0 radical (unpaired) electrons. The predicted molar refractivity (Wildman–Crippen MR) is 387 cm³/mol. The lowest BCUT2D eigenvalue weighted by atomic mass is 9.33. The van der Waals surface area contributed by atoms with Crippen LogP contribution >= 0.6 is 0 Å². The molecule has 592 valence electrons. The normalized spacial score (nSPS) is 33.7. The van der Waals surface area contributed by atoms with E-state index in [1.165, 1.54) is 7.11 Å². The number of carbonyl (C=O) groups is 12. The fourth-order valence-corrected chi connectivity index (χ4v) is 19.3. The van der Waals surface area contributed by atoms with Crippen molar-refractivity contribution in [3.63, 3.8) is 0 Å². The molecule has 2 heterocycles. The monoisotopic (exact) mass is 1520 g/mol. The molecule has 3 N–H and O–H groups in total. The number of fused-ring (bicyclic) bond motifs is 7. The number of amides is 3. The SMILES string of the molecule is COC(=O)C(Cc1ccccc1)NC(=O)[C@H]1O[C@@H](O[C@H]2[C@H](OC3CC[C@@]4(C)C(CC[C@]5(C)C4C(=O)C=C4C6C[C@@](C)(C(=O)NC(Cc7ccccc7)C(=O)OC)CC[C@]6(C)CC[C@]45C)C3(C)C)O[C@H](C(=O)NC(Cc3ccccc3)C(=O)OC)[C@@H](OC(C)=O)[C@@H]2OC(C)=O)[C@H](OC(C)=O)[C@@H](OC(C)=O)[C@@H]1OC(C)=O. The summed E-state index contributed by atoms with van der Waals surface area (Å²) in [4.78, 5) is 169. The molecule has 0 aromatic heterocycles. The molecule has 0 spiro atoms. The highest BCUT2D eigenvalue weighted by atomic mass is 16.8. The number of ether oxygens (including phenoxy) is 12. The Morgan fingerprint density at radius 1 is 0.468 bits per heavy atom. The van der Waals surface area contributed by atoms with Gasteiger partial charge in [-0.3, -0.25) is 43.2 Å². The van der Waals surface area contributed by atoms with E-state index in [1.54, 1.807) is 60.7 Å². The van der Waals surface area contributed by atoms with Gasteiger partial charge in [0, 0.05) is 65.2 Å². The molecule has 22 atom stereocenters. The Bertz CT molecular complexity index is 3950. The summed E-state index contributed by atoms with van der Waals surface area (Å²) < 4.78 is 72.6. The Morgan fingerprint density at radius 2 is 0.872 bits per heavy atom. The Labute approximate surface area is 635 Å². The Balaban J connectivity index is 1.03. The number of methoxy groups -OCH3 is 3. The smallest absolute Gasteiger partial charge is 0.328 e. The van der Waals surface area contributed by atoms with Crippen LogP contribution < -0.4 is 16.0 Å². The molecule has 4 saturated carbocycles. The van der Waals surface area contributed by atoms with Crippen molar-refractivity contribution in [3.8, 4) is 0 Å². The van der Waals surface area contributed by atoms with Crippen LogP contribution in [0.3, 0.4) is 0 Å². The van der Waals surface area contributed by atoms with E-state index in [9.17, 15) is 43.2 Å². The first-order chi connectivity index (χ1) is 51.4. The summed E-state index contributed by atoms with van der Waals surface area (Å²) in [6.07, 6.45) is -14.3. The second-order valence-electron chi connectivity index (χ2n) is 32.3. The minimum absolute atomic E-state index is 0.0232. The fraction of sp³-hybridized carbons (Fsp3) is 0.610. The van der Waals surface area contributed by atoms with Gasteiger partial charge in [-0.25, -0.2) is 14.4 Å². The standard InChI is InChI=1S/C82H105N3O24/c1-44(86)101-60-62(103-46(3)88)66(105-48(5)90)75(108-65(60)70(93)84-55(72(95)99-14)40-50-27-21-17-22-28-50)109-67-63(104-47(4)89)61(102-45(2)87)64(69(92)83-54(71(94)98-13)39-49-25-19-16-20-26-49)107-74(67)106-59-32-33-80(10)58(77(59,6)7)31-34-82(12)68(80)57(91)42-52-53-43-79(9,36-35-78(53,8)37-38-81(52,82)11)76(97)85-56(73(96)100-15)41-51-29-23-18-24-30-51/h16-30,42,53-56,58-68,74-75H,31-41,43H2,1-15H3,(H,83,92)(H,84,93)(H,85,97)/t53?,54?,55?,56?,58?,59?,60-,61-,62-,63-,64-,65-,66+,67+,68?,74+,75-,78+,79-,80-,81+,82+/m0/s1. The van der Waals surface area contributed by atoms with Gasteiger partial charge in [-0.15, -0.1) is 0 Å². The van der Waals surface area contributed by atoms with E-state index in [0.29, 0.717) is 49.7 Å². The molecule has 6 fully saturated rings. The van der Waals surface area contributed by atoms with Gasteiger partial charge in [0.2, 0.25) is 5.91 Å². The van der Waals surface area contributed by atoms with Crippen molar-refractivity contribution in [2.75, 3.05) is 21.3 Å². The topological polar surface area (TPSA) is 352 Å². The zero-order chi connectivity index (χ0) is 79.5. The van der Waals surface area contributed by atoms with Crippen molar-refractivity contribution in [2.24, 2.45) is 50.2 Å². The average molecular weight is 1520 g/mol. The molecule has 3 amide bonds. The van der Waals surface area contributed by atoms with Crippen LogP contribution in [0.1, 0.15) is 158 Å². The highest BCUT2D eigenvalue weighted by Gasteiger charge is 2.71. The van der Waals surface area contributed by atoms with Gasteiger partial charge in [-0.05, 0) is 119 Å². The second kappa shape index (κ2) is 33.3. The number of esters is 8. The summed E-state index contributed by atoms with van der Waals surface area (Å²) in [6, 6.07) is 22.8. The van der Waals surface area contributed by atoms with Crippen LogP contribution in [0.15, 0.2) is 103 Å². The summed E-state index contributed by atoms with van der Waals surface area (Å²) in [5.41, 5.74) is -0.876. The molecular formula is C82H105N3O24. The van der Waals surface area contributed by atoms with E-state index < -0.39 is 178 Å². The molecule has 7 unspecified atom stereocenters. The maximum Gasteiger partial charge on any atom is 0.328 e. The van der Waals surface area contributed by atoms with Crippen LogP contribution in [-0.4, -0.2) is 178 Å². The molecule has 27 heteroatoms. The first-order valence-electron chi connectivity index (χ1n) is 37.5. The molecular weight excluding hydrogens is 1410 g/mol. The highest BCUT2D eigenvalue weighted by molar-refractivity contribution is 5.96. The number of hydrogen-bond acceptors (Lipinski definition) is 24. The van der Waals surface area contributed by atoms with Crippen molar-refractivity contribution >= 4 is 71.3 Å². The average Bonchev–Trinajstić information content (AvgIpc) is 0.672. The minimum atomic E-state index is -2.21. The number of ketones is 1. The van der Waals surface area contributed by atoms with Crippen molar-refractivity contribution in [3.05, 3.63) is 119 Å². The number of hydrogen-bond donors (Lipinski definition) is 3. The van der Waals surface area contributed by atoms with Crippen molar-refractivity contribution in [1.29, 1.82) is 0 Å². The molecule has 10 rings (SSSR count). The lowest BCUT2D eigenvalue weighted by Gasteiger charge is -2.70. The van der Waals surface area contributed by atoms with Gasteiger partial charge in [0.05, 0.1) is 27.4 Å². The van der Waals surface area contributed by atoms with Crippen molar-refractivity contribution in [2.45, 2.75) is 246 Å². The summed E-state index contributed by atoms with van der Waals surface area (Å²) in [5.74, 6) is -11.1. The zero-order valence-corrected chi connectivity index (χ0v) is 64.8. The van der Waals surface area contributed by atoms with E-state index in [1.807, 2.05) is 57.2 Å². The summed E-state index contributed by atoms with van der Waals surface area (Å²) in [5, 5.41) is 8.38. The first-order valence-corrected chi connectivity index (χ1v) is 37.5. The van der Waals surface area contributed by atoms with E-state index in [4.69, 9.17) is 56.8 Å². The maximum absolute atomic E-state index is 15.9. The molecule has 27 nitrogen and oxygen atoms in total. The van der Waals surface area contributed by atoms with Gasteiger partial charge in [0.25, 0.3) is 11.8 Å². The van der Waals surface area contributed by atoms with Gasteiger partial charge >= 0.3 is 47.8 Å². The molecule has 7 aliphatic rings. The van der Waals surface area contributed by atoms with E-state index in [0.717, 1.165) is 72.8 Å². The van der Waals surface area contributed by atoms with E-state index >= 15 is 14.4 Å². The first kappa shape index (κ1) is 82.6. The third-order valence-corrected chi connectivity index (χ3v) is 24.9. The van der Waals surface area contributed by atoms with Crippen LogP contribution in [0.2, 0.25) is 0 Å². The fourth-order valence-electron chi connectivity index (χ4n) is 19.3. The predicted octanol–water partition coefficient (Wildman–Crippen LogP) is 7.55. The Kier molecular flexibility index (Phi) is 25.3. The third kappa shape index (κ3) is 17.2. The molecule has 3 aromatic carbocycles. The molecule has 2 aliphatic heterocycles. The summed E-state index contributed by atoms with van der Waals surface area (Å²) in [6.45, 7) is 19.9. The summed E-state index contributed by atoms with van der Waals surface area (Å²) >= 11 is 0. The minimum Gasteiger partial charge on any atom is -0.467 e. The molecule has 3 aromatic rings. The number of rotatable bonds is 24. The third-order valence-electron chi connectivity index (χ3n) is 24.9. The van der Waals surface area contributed by atoms with Gasteiger partial charge in [-0.2, -0.15) is 0 Å². The lowest BCUT2D eigenvalue weighted by Crippen LogP contribution is -2.70. The summed E-state index contributed by atoms with van der Waals surface area (Å²) in [7, 11) is 3.53. The molecule has 0 bridgehead atoms. The molecule has 5 aliphatic carbocycles. The highest BCUT2D eigenvalue weighted by Crippen LogP contribution is 2.75. The lowest BCUT2D eigenvalue weighted by molar-refractivity contribution is -0.370.